The highest BCUT2D eigenvalue weighted by atomic mass is 79.9. The number of amides is 1. The topological polar surface area (TPSA) is 54.3 Å². The van der Waals surface area contributed by atoms with Crippen molar-refractivity contribution < 1.29 is 9.21 Å². The van der Waals surface area contributed by atoms with E-state index in [9.17, 15) is 4.79 Å². The van der Waals surface area contributed by atoms with E-state index in [1.165, 1.54) is 19.3 Å². The average molecular weight is 313 g/mol. The molecular weight excluding hydrogens is 296 g/mol. The van der Waals surface area contributed by atoms with Crippen molar-refractivity contribution in [3.63, 3.8) is 0 Å². The zero-order chi connectivity index (χ0) is 12.6. The highest BCUT2D eigenvalue weighted by Crippen LogP contribution is 2.38. The number of carbonyl (C=O) groups is 1. The first-order valence-corrected chi connectivity index (χ1v) is 7.27. The Hall–Kier alpha value is -0.810. The van der Waals surface area contributed by atoms with Gasteiger partial charge in [-0.25, -0.2) is 0 Å². The van der Waals surface area contributed by atoms with Crippen LogP contribution in [0.1, 0.15) is 42.7 Å². The maximum atomic E-state index is 12.0. The van der Waals surface area contributed by atoms with Gasteiger partial charge in [0.1, 0.15) is 0 Å². The minimum atomic E-state index is -0.109. The summed E-state index contributed by atoms with van der Waals surface area (Å²) in [7, 11) is 0. The van der Waals surface area contributed by atoms with Gasteiger partial charge in [-0.1, -0.05) is 0 Å². The van der Waals surface area contributed by atoms with E-state index in [1.807, 2.05) is 0 Å². The van der Waals surface area contributed by atoms with Crippen LogP contribution in [0.15, 0.2) is 21.2 Å². The summed E-state index contributed by atoms with van der Waals surface area (Å²) >= 11 is 3.21. The second-order valence-electron chi connectivity index (χ2n) is 5.33. The third-order valence-corrected chi connectivity index (χ3v) is 4.50. The van der Waals surface area contributed by atoms with Crippen LogP contribution in [-0.4, -0.2) is 24.0 Å². The largest absolute Gasteiger partial charge is 0.444 e. The second kappa shape index (κ2) is 4.70. The molecule has 2 N–H and O–H groups in total. The van der Waals surface area contributed by atoms with Crippen LogP contribution in [-0.2, 0) is 0 Å². The van der Waals surface area contributed by atoms with E-state index >= 15 is 0 Å². The molecule has 5 heteroatoms. The summed E-state index contributed by atoms with van der Waals surface area (Å²) in [5.74, 6) is 0.269. The van der Waals surface area contributed by atoms with E-state index in [0.29, 0.717) is 16.0 Å². The Kier molecular flexibility index (Phi) is 3.20. The molecule has 2 aliphatic rings. The minimum Gasteiger partial charge on any atom is -0.444 e. The van der Waals surface area contributed by atoms with E-state index in [-0.39, 0.29) is 11.9 Å². The Morgan fingerprint density at radius 3 is 2.94 bits per heavy atom. The molecule has 1 atom stereocenters. The summed E-state index contributed by atoms with van der Waals surface area (Å²) in [6.45, 7) is 0.993. The quantitative estimate of drug-likeness (QED) is 0.882. The van der Waals surface area contributed by atoms with Crippen molar-refractivity contribution in [2.75, 3.05) is 6.54 Å². The lowest BCUT2D eigenvalue weighted by atomic mass is 9.70. The van der Waals surface area contributed by atoms with Crippen molar-refractivity contribution >= 4 is 21.8 Å². The summed E-state index contributed by atoms with van der Waals surface area (Å²) < 4.78 is 5.86. The van der Waals surface area contributed by atoms with Gasteiger partial charge in [-0.15, -0.1) is 0 Å². The first-order valence-electron chi connectivity index (χ1n) is 6.48. The summed E-state index contributed by atoms with van der Waals surface area (Å²) in [5, 5.41) is 6.68. The molecule has 3 rings (SSSR count). The molecule has 18 heavy (non-hydrogen) atoms. The van der Waals surface area contributed by atoms with E-state index in [1.54, 1.807) is 12.1 Å². The van der Waals surface area contributed by atoms with Crippen molar-refractivity contribution in [2.45, 2.75) is 43.7 Å². The molecule has 1 aliphatic heterocycles. The van der Waals surface area contributed by atoms with Crippen LogP contribution in [0, 0.1) is 0 Å². The molecule has 2 heterocycles. The van der Waals surface area contributed by atoms with Crippen molar-refractivity contribution in [3.05, 3.63) is 22.6 Å². The SMILES string of the molecule is O=C(NC1CCNC2(CCC2)C1)c1ccc(Br)o1. The number of hydrogen-bond donors (Lipinski definition) is 2. The number of piperidine rings is 1. The zero-order valence-electron chi connectivity index (χ0n) is 10.2. The summed E-state index contributed by atoms with van der Waals surface area (Å²) in [6, 6.07) is 3.70. The predicted molar refractivity (Wildman–Crippen MR) is 71.5 cm³/mol. The van der Waals surface area contributed by atoms with Crippen LogP contribution in [0.3, 0.4) is 0 Å². The van der Waals surface area contributed by atoms with Crippen molar-refractivity contribution in [1.29, 1.82) is 0 Å². The number of halogens is 1. The van der Waals surface area contributed by atoms with Gasteiger partial charge in [-0.2, -0.15) is 0 Å². The summed E-state index contributed by atoms with van der Waals surface area (Å²) in [5.41, 5.74) is 0.306. The van der Waals surface area contributed by atoms with Gasteiger partial charge >= 0.3 is 0 Å². The molecule has 1 aromatic rings. The molecule has 1 spiro atoms. The molecule has 0 bridgehead atoms. The normalized spacial score (nSPS) is 25.7. The fourth-order valence-electron chi connectivity index (χ4n) is 2.96. The Labute approximate surface area is 115 Å². The van der Waals surface area contributed by atoms with Gasteiger partial charge in [-0.3, -0.25) is 4.79 Å². The molecule has 1 unspecified atom stereocenters. The second-order valence-corrected chi connectivity index (χ2v) is 6.11. The fraction of sp³-hybridized carbons (Fsp3) is 0.615. The molecule has 0 aromatic carbocycles. The monoisotopic (exact) mass is 312 g/mol. The van der Waals surface area contributed by atoms with E-state index in [0.717, 1.165) is 19.4 Å². The Morgan fingerprint density at radius 2 is 2.33 bits per heavy atom. The summed E-state index contributed by atoms with van der Waals surface area (Å²) in [6.07, 6.45) is 5.83. The Morgan fingerprint density at radius 1 is 1.50 bits per heavy atom. The predicted octanol–water partition coefficient (Wildman–Crippen LogP) is 2.45. The fourth-order valence-corrected chi connectivity index (χ4v) is 3.26. The number of carbonyl (C=O) groups excluding carboxylic acids is 1. The number of rotatable bonds is 2. The third kappa shape index (κ3) is 2.34. The van der Waals surface area contributed by atoms with Crippen LogP contribution in [0.4, 0.5) is 0 Å². The van der Waals surface area contributed by atoms with Crippen LogP contribution in [0.2, 0.25) is 0 Å². The first kappa shape index (κ1) is 12.2. The van der Waals surface area contributed by atoms with Crippen LogP contribution >= 0.6 is 15.9 Å². The molecule has 1 saturated carbocycles. The lowest BCUT2D eigenvalue weighted by Crippen LogP contribution is -2.59. The lowest BCUT2D eigenvalue weighted by molar-refractivity contribution is 0.0827. The molecule has 1 amide bonds. The average Bonchev–Trinajstić information content (AvgIpc) is 2.74. The first-order chi connectivity index (χ1) is 8.67. The lowest BCUT2D eigenvalue weighted by Gasteiger charge is -2.48. The van der Waals surface area contributed by atoms with Gasteiger partial charge in [0.05, 0.1) is 0 Å². The summed E-state index contributed by atoms with van der Waals surface area (Å²) in [4.78, 5) is 12.0. The van der Waals surface area contributed by atoms with Crippen molar-refractivity contribution in [2.24, 2.45) is 0 Å². The highest BCUT2D eigenvalue weighted by molar-refractivity contribution is 9.10. The smallest absolute Gasteiger partial charge is 0.287 e. The molecule has 98 valence electrons. The van der Waals surface area contributed by atoms with Crippen molar-refractivity contribution in [3.8, 4) is 0 Å². The van der Waals surface area contributed by atoms with Gasteiger partial charge in [0.15, 0.2) is 10.4 Å². The van der Waals surface area contributed by atoms with E-state index < -0.39 is 0 Å². The number of furan rings is 1. The van der Waals surface area contributed by atoms with Crippen LogP contribution in [0.25, 0.3) is 0 Å². The van der Waals surface area contributed by atoms with Crippen LogP contribution in [0.5, 0.6) is 0 Å². The highest BCUT2D eigenvalue weighted by Gasteiger charge is 2.41. The van der Waals surface area contributed by atoms with E-state index in [2.05, 4.69) is 26.6 Å². The zero-order valence-corrected chi connectivity index (χ0v) is 11.8. The van der Waals surface area contributed by atoms with E-state index in [4.69, 9.17) is 4.42 Å². The maximum absolute atomic E-state index is 12.0. The molecule has 1 aliphatic carbocycles. The van der Waals surface area contributed by atoms with Crippen molar-refractivity contribution in [1.82, 2.24) is 10.6 Å². The molecule has 1 aromatic heterocycles. The van der Waals surface area contributed by atoms with Crippen LogP contribution < -0.4 is 10.6 Å². The van der Waals surface area contributed by atoms with Gasteiger partial charge in [0.25, 0.3) is 5.91 Å². The molecule has 2 fully saturated rings. The number of hydrogen-bond acceptors (Lipinski definition) is 3. The van der Waals surface area contributed by atoms with Gasteiger partial charge in [0, 0.05) is 11.6 Å². The maximum Gasteiger partial charge on any atom is 0.287 e. The standard InChI is InChI=1S/C13H17BrN2O2/c14-11-3-2-10(18-11)12(17)16-9-4-7-15-13(8-9)5-1-6-13/h2-3,9,15H,1,4-8H2,(H,16,17). The van der Waals surface area contributed by atoms with Gasteiger partial charge in [-0.05, 0) is 66.7 Å². The van der Waals surface area contributed by atoms with Gasteiger partial charge in [0.2, 0.25) is 0 Å². The van der Waals surface area contributed by atoms with Gasteiger partial charge < -0.3 is 15.1 Å². The minimum absolute atomic E-state index is 0.109. The Bertz CT molecular complexity index is 454. The molecule has 1 saturated heterocycles. The molecule has 0 radical (unpaired) electrons. The number of nitrogens with one attached hydrogen (secondary N) is 2. The molecule has 4 nitrogen and oxygen atoms in total. The third-order valence-electron chi connectivity index (χ3n) is 4.07. The Balaban J connectivity index is 1.60. The molecular formula is C13H17BrN2O2.